The quantitative estimate of drug-likeness (QED) is 0.740. The lowest BCUT2D eigenvalue weighted by molar-refractivity contribution is -0.128. The van der Waals surface area contributed by atoms with Crippen LogP contribution >= 0.6 is 0 Å². The second-order valence-corrected chi connectivity index (χ2v) is 5.84. The second kappa shape index (κ2) is 3.99. The summed E-state index contributed by atoms with van der Waals surface area (Å²) in [7, 11) is 0. The van der Waals surface area contributed by atoms with Crippen molar-refractivity contribution in [2.75, 3.05) is 0 Å². The molecule has 0 bridgehead atoms. The molecule has 0 aromatic carbocycles. The Hall–Kier alpha value is -0.630. The molecular weight excluding hydrogens is 200 g/mol. The van der Waals surface area contributed by atoms with Gasteiger partial charge < -0.3 is 5.11 Å². The minimum atomic E-state index is -0.312. The number of hydrogen-bond donors (Lipinski definition) is 1. The van der Waals surface area contributed by atoms with E-state index in [1.54, 1.807) is 6.08 Å². The van der Waals surface area contributed by atoms with Crippen molar-refractivity contribution in [3.05, 3.63) is 12.2 Å². The Morgan fingerprint density at radius 2 is 2.25 bits per heavy atom. The van der Waals surface area contributed by atoms with Crippen molar-refractivity contribution in [2.24, 2.45) is 23.2 Å². The molecule has 2 nitrogen and oxygen atoms in total. The molecule has 16 heavy (non-hydrogen) atoms. The van der Waals surface area contributed by atoms with E-state index in [1.165, 1.54) is 0 Å². The van der Waals surface area contributed by atoms with Crippen molar-refractivity contribution in [1.29, 1.82) is 0 Å². The van der Waals surface area contributed by atoms with Gasteiger partial charge in [-0.1, -0.05) is 33.3 Å². The van der Waals surface area contributed by atoms with E-state index in [9.17, 15) is 9.90 Å². The van der Waals surface area contributed by atoms with Crippen LogP contribution in [0.4, 0.5) is 0 Å². The molecule has 2 aliphatic carbocycles. The molecular formula is C14H22O2. The summed E-state index contributed by atoms with van der Waals surface area (Å²) in [4.78, 5) is 11.7. The topological polar surface area (TPSA) is 37.3 Å². The first-order valence-electron chi connectivity index (χ1n) is 6.39. The third-order valence-corrected chi connectivity index (χ3v) is 4.67. The average molecular weight is 222 g/mol. The molecule has 0 aliphatic heterocycles. The Labute approximate surface area is 97.7 Å². The van der Waals surface area contributed by atoms with Gasteiger partial charge in [0.05, 0.1) is 6.10 Å². The van der Waals surface area contributed by atoms with Gasteiger partial charge in [0.1, 0.15) is 0 Å². The van der Waals surface area contributed by atoms with Crippen LogP contribution in [0.2, 0.25) is 0 Å². The van der Waals surface area contributed by atoms with Crippen molar-refractivity contribution >= 4 is 5.78 Å². The number of aliphatic hydroxyl groups is 1. The number of fused-ring (bicyclic) bond motifs is 1. The second-order valence-electron chi connectivity index (χ2n) is 5.84. The zero-order valence-corrected chi connectivity index (χ0v) is 10.4. The molecule has 0 amide bonds. The third kappa shape index (κ3) is 1.73. The Kier molecular flexibility index (Phi) is 2.95. The molecule has 0 radical (unpaired) electrons. The Morgan fingerprint density at radius 1 is 1.56 bits per heavy atom. The van der Waals surface area contributed by atoms with E-state index in [1.807, 2.05) is 13.0 Å². The van der Waals surface area contributed by atoms with Gasteiger partial charge in [-0.2, -0.15) is 0 Å². The zero-order chi connectivity index (χ0) is 11.9. The summed E-state index contributed by atoms with van der Waals surface area (Å²) >= 11 is 0. The molecule has 1 N–H and O–H groups in total. The van der Waals surface area contributed by atoms with Gasteiger partial charge in [0, 0.05) is 11.8 Å². The number of ketones is 1. The van der Waals surface area contributed by atoms with E-state index in [0.29, 0.717) is 5.92 Å². The summed E-state index contributed by atoms with van der Waals surface area (Å²) in [6.07, 6.45) is 6.56. The number of rotatable bonds is 1. The number of aliphatic hydroxyl groups excluding tert-OH is 1. The van der Waals surface area contributed by atoms with E-state index < -0.39 is 0 Å². The van der Waals surface area contributed by atoms with E-state index in [2.05, 4.69) is 13.8 Å². The van der Waals surface area contributed by atoms with Crippen molar-refractivity contribution in [2.45, 2.75) is 46.1 Å². The molecule has 2 rings (SSSR count). The van der Waals surface area contributed by atoms with Gasteiger partial charge in [-0.3, -0.25) is 4.79 Å². The number of carbonyl (C=O) groups is 1. The van der Waals surface area contributed by atoms with Crippen molar-refractivity contribution < 1.29 is 9.90 Å². The summed E-state index contributed by atoms with van der Waals surface area (Å²) in [5, 5.41) is 10.3. The lowest BCUT2D eigenvalue weighted by Gasteiger charge is -2.49. The maximum absolute atomic E-state index is 11.7. The van der Waals surface area contributed by atoms with Crippen LogP contribution in [0.3, 0.4) is 0 Å². The highest BCUT2D eigenvalue weighted by atomic mass is 16.3. The van der Waals surface area contributed by atoms with E-state index in [4.69, 9.17) is 0 Å². The standard InChI is InChI=1S/C14H22O2/c1-4-10-7-12(16)13-9(2)11(15)5-6-14(13,3)8-10/h5-6,9-10,12-13,16H,4,7-8H2,1-3H3/t9-,10?,12?,13?,14?/m1/s1. The normalized spacial score (nSPS) is 47.9. The summed E-state index contributed by atoms with van der Waals surface area (Å²) < 4.78 is 0. The average Bonchev–Trinajstić information content (AvgIpc) is 2.23. The summed E-state index contributed by atoms with van der Waals surface area (Å²) in [5.41, 5.74) is 0.0195. The Bertz CT molecular complexity index is 321. The summed E-state index contributed by atoms with van der Waals surface area (Å²) in [6.45, 7) is 6.34. The first-order valence-corrected chi connectivity index (χ1v) is 6.39. The molecule has 2 aliphatic rings. The largest absolute Gasteiger partial charge is 0.393 e. The van der Waals surface area contributed by atoms with E-state index >= 15 is 0 Å². The predicted molar refractivity (Wildman–Crippen MR) is 63.9 cm³/mol. The Morgan fingerprint density at radius 3 is 2.88 bits per heavy atom. The molecule has 0 aromatic heterocycles. The number of carbonyl (C=O) groups excluding carboxylic acids is 1. The van der Waals surface area contributed by atoms with Crippen LogP contribution in [-0.2, 0) is 4.79 Å². The van der Waals surface area contributed by atoms with Gasteiger partial charge in [0.15, 0.2) is 5.78 Å². The first kappa shape index (κ1) is 11.8. The van der Waals surface area contributed by atoms with Gasteiger partial charge >= 0.3 is 0 Å². The van der Waals surface area contributed by atoms with Crippen LogP contribution in [0.5, 0.6) is 0 Å². The highest BCUT2D eigenvalue weighted by Gasteiger charge is 2.49. The van der Waals surface area contributed by atoms with Gasteiger partial charge in [-0.15, -0.1) is 0 Å². The molecule has 1 saturated carbocycles. The lowest BCUT2D eigenvalue weighted by Crippen LogP contribution is -2.49. The van der Waals surface area contributed by atoms with Gasteiger partial charge in [-0.05, 0) is 30.3 Å². The molecule has 4 unspecified atom stereocenters. The van der Waals surface area contributed by atoms with Crippen molar-refractivity contribution in [3.63, 3.8) is 0 Å². The van der Waals surface area contributed by atoms with Gasteiger partial charge in [0.2, 0.25) is 0 Å². The minimum Gasteiger partial charge on any atom is -0.393 e. The number of hydrogen-bond acceptors (Lipinski definition) is 2. The van der Waals surface area contributed by atoms with E-state index in [-0.39, 0.29) is 29.1 Å². The maximum atomic E-state index is 11.7. The predicted octanol–water partition coefficient (Wildman–Crippen LogP) is 2.56. The minimum absolute atomic E-state index is 0.0195. The first-order chi connectivity index (χ1) is 7.48. The molecule has 0 heterocycles. The fraction of sp³-hybridized carbons (Fsp3) is 0.786. The fourth-order valence-corrected chi connectivity index (χ4v) is 3.76. The maximum Gasteiger partial charge on any atom is 0.158 e. The molecule has 1 fully saturated rings. The molecule has 90 valence electrons. The van der Waals surface area contributed by atoms with Crippen LogP contribution < -0.4 is 0 Å². The van der Waals surface area contributed by atoms with Crippen LogP contribution in [0, 0.1) is 23.2 Å². The van der Waals surface area contributed by atoms with Gasteiger partial charge in [-0.25, -0.2) is 0 Å². The molecule has 0 saturated heterocycles. The fourth-order valence-electron chi connectivity index (χ4n) is 3.76. The van der Waals surface area contributed by atoms with Crippen molar-refractivity contribution in [1.82, 2.24) is 0 Å². The van der Waals surface area contributed by atoms with Crippen LogP contribution in [0.15, 0.2) is 12.2 Å². The van der Waals surface area contributed by atoms with Gasteiger partial charge in [0.25, 0.3) is 0 Å². The van der Waals surface area contributed by atoms with Crippen LogP contribution in [0.1, 0.15) is 40.0 Å². The molecule has 5 atom stereocenters. The Balaban J connectivity index is 2.32. The zero-order valence-electron chi connectivity index (χ0n) is 10.4. The number of allylic oxidation sites excluding steroid dienone is 2. The lowest BCUT2D eigenvalue weighted by atomic mass is 9.56. The highest BCUT2D eigenvalue weighted by molar-refractivity contribution is 5.93. The summed E-state index contributed by atoms with van der Waals surface area (Å²) in [5.74, 6) is 0.869. The summed E-state index contributed by atoms with van der Waals surface area (Å²) in [6, 6.07) is 0. The molecule has 0 spiro atoms. The third-order valence-electron chi connectivity index (χ3n) is 4.67. The smallest absolute Gasteiger partial charge is 0.158 e. The van der Waals surface area contributed by atoms with E-state index in [0.717, 1.165) is 19.3 Å². The SMILES string of the molecule is CCC1CC(O)C2[C@H](C)C(=O)C=CC2(C)C1. The monoisotopic (exact) mass is 222 g/mol. The molecule has 2 heteroatoms. The molecule has 0 aromatic rings. The van der Waals surface area contributed by atoms with Crippen LogP contribution in [0.25, 0.3) is 0 Å². The highest BCUT2D eigenvalue weighted by Crippen LogP contribution is 2.50. The van der Waals surface area contributed by atoms with Crippen molar-refractivity contribution in [3.8, 4) is 0 Å². The van der Waals surface area contributed by atoms with Crippen LogP contribution in [-0.4, -0.2) is 17.0 Å².